The molecule has 1 nitrogen and oxygen atoms in total. The first-order valence-corrected chi connectivity index (χ1v) is 6.50. The zero-order valence-electron chi connectivity index (χ0n) is 10.3. The van der Waals surface area contributed by atoms with Crippen LogP contribution in [0.25, 0.3) is 6.08 Å². The zero-order valence-corrected chi connectivity index (χ0v) is 11.8. The van der Waals surface area contributed by atoms with Gasteiger partial charge >= 0.3 is 0 Å². The predicted molar refractivity (Wildman–Crippen MR) is 75.5 cm³/mol. The minimum atomic E-state index is 0.709. The van der Waals surface area contributed by atoms with Crippen LogP contribution in [0.15, 0.2) is 34.3 Å². The third kappa shape index (κ3) is 5.47. The van der Waals surface area contributed by atoms with Crippen molar-refractivity contribution >= 4 is 22.0 Å². The highest BCUT2D eigenvalue weighted by Crippen LogP contribution is 2.12. The van der Waals surface area contributed by atoms with Crippen LogP contribution in [0.5, 0.6) is 0 Å². The molecule has 1 aromatic rings. The Bertz CT molecular complexity index is 338. The Morgan fingerprint density at radius 1 is 1.31 bits per heavy atom. The molecule has 0 heterocycles. The molecule has 0 aliphatic rings. The Labute approximate surface area is 107 Å². The first-order valence-electron chi connectivity index (χ1n) is 5.71. The van der Waals surface area contributed by atoms with Gasteiger partial charge in [-0.1, -0.05) is 53.6 Å². The van der Waals surface area contributed by atoms with E-state index in [9.17, 15) is 0 Å². The molecule has 0 saturated carbocycles. The van der Waals surface area contributed by atoms with Gasteiger partial charge in [-0.3, -0.25) is 0 Å². The molecule has 1 aromatic carbocycles. The molecule has 2 heteroatoms. The second-order valence-electron chi connectivity index (χ2n) is 4.57. The van der Waals surface area contributed by atoms with E-state index in [2.05, 4.69) is 72.4 Å². The summed E-state index contributed by atoms with van der Waals surface area (Å²) in [4.78, 5) is 0. The lowest BCUT2D eigenvalue weighted by Crippen LogP contribution is -2.21. The zero-order chi connectivity index (χ0) is 12.0. The quantitative estimate of drug-likeness (QED) is 0.857. The van der Waals surface area contributed by atoms with Crippen molar-refractivity contribution in [1.29, 1.82) is 0 Å². The van der Waals surface area contributed by atoms with Crippen LogP contribution in [-0.2, 0) is 0 Å². The Balaban J connectivity index is 2.46. The van der Waals surface area contributed by atoms with E-state index in [-0.39, 0.29) is 0 Å². The molecular formula is C14H20BrN. The molecule has 0 saturated heterocycles. The summed E-state index contributed by atoms with van der Waals surface area (Å²) in [6.45, 7) is 8.65. The molecule has 0 amide bonds. The van der Waals surface area contributed by atoms with Gasteiger partial charge in [0, 0.05) is 11.0 Å². The van der Waals surface area contributed by atoms with E-state index >= 15 is 0 Å². The van der Waals surface area contributed by atoms with E-state index in [4.69, 9.17) is 0 Å². The van der Waals surface area contributed by atoms with Crippen LogP contribution in [0.4, 0.5) is 0 Å². The summed E-state index contributed by atoms with van der Waals surface area (Å²) in [6, 6.07) is 8.38. The van der Waals surface area contributed by atoms with Gasteiger partial charge < -0.3 is 5.32 Å². The van der Waals surface area contributed by atoms with E-state index in [1.165, 1.54) is 11.1 Å². The summed E-state index contributed by atoms with van der Waals surface area (Å²) < 4.78 is 1.13. The van der Waals surface area contributed by atoms with Crippen LogP contribution >= 0.6 is 15.9 Å². The summed E-state index contributed by atoms with van der Waals surface area (Å²) >= 11 is 3.44. The molecule has 88 valence electrons. The molecule has 0 radical (unpaired) electrons. The summed E-state index contributed by atoms with van der Waals surface area (Å²) in [7, 11) is 0. The maximum absolute atomic E-state index is 3.44. The average Bonchev–Trinajstić information content (AvgIpc) is 2.21. The molecule has 0 spiro atoms. The predicted octanol–water partition coefficient (Wildman–Crippen LogP) is 4.10. The van der Waals surface area contributed by atoms with Gasteiger partial charge in [0.1, 0.15) is 0 Å². The summed E-state index contributed by atoms with van der Waals surface area (Å²) in [5.74, 6) is 0.709. The largest absolute Gasteiger partial charge is 0.313 e. The van der Waals surface area contributed by atoms with Gasteiger partial charge in [0.2, 0.25) is 0 Å². The van der Waals surface area contributed by atoms with Crippen LogP contribution in [0.2, 0.25) is 0 Å². The summed E-state index contributed by atoms with van der Waals surface area (Å²) in [5, 5.41) is 3.44. The Morgan fingerprint density at radius 3 is 2.50 bits per heavy atom. The number of hydrogen-bond donors (Lipinski definition) is 1. The maximum Gasteiger partial charge on any atom is 0.0175 e. The van der Waals surface area contributed by atoms with E-state index in [0.29, 0.717) is 5.92 Å². The normalized spacial score (nSPS) is 12.2. The Morgan fingerprint density at radius 2 is 1.94 bits per heavy atom. The van der Waals surface area contributed by atoms with Crippen molar-refractivity contribution in [2.45, 2.75) is 20.8 Å². The average molecular weight is 282 g/mol. The fraction of sp³-hybridized carbons (Fsp3) is 0.429. The van der Waals surface area contributed by atoms with E-state index in [0.717, 1.165) is 17.6 Å². The first kappa shape index (κ1) is 13.5. The van der Waals surface area contributed by atoms with Crippen LogP contribution in [-0.4, -0.2) is 13.1 Å². The molecule has 0 atom stereocenters. The number of rotatable bonds is 5. The van der Waals surface area contributed by atoms with Gasteiger partial charge in [-0.05, 0) is 37.1 Å². The fourth-order valence-electron chi connectivity index (χ4n) is 1.45. The Hall–Kier alpha value is -0.600. The smallest absolute Gasteiger partial charge is 0.0175 e. The van der Waals surface area contributed by atoms with Gasteiger partial charge in [0.15, 0.2) is 0 Å². The molecule has 0 aliphatic carbocycles. The fourth-order valence-corrected chi connectivity index (χ4v) is 1.72. The number of hydrogen-bond acceptors (Lipinski definition) is 1. The molecular weight excluding hydrogens is 262 g/mol. The van der Waals surface area contributed by atoms with Gasteiger partial charge in [-0.15, -0.1) is 0 Å². The van der Waals surface area contributed by atoms with Crippen LogP contribution in [0, 0.1) is 5.92 Å². The minimum Gasteiger partial charge on any atom is -0.313 e. The van der Waals surface area contributed by atoms with Crippen molar-refractivity contribution in [2.75, 3.05) is 13.1 Å². The number of halogens is 1. The molecule has 16 heavy (non-hydrogen) atoms. The maximum atomic E-state index is 3.44. The highest BCUT2D eigenvalue weighted by molar-refractivity contribution is 9.10. The van der Waals surface area contributed by atoms with Crippen LogP contribution < -0.4 is 5.32 Å². The van der Waals surface area contributed by atoms with Gasteiger partial charge in [0.05, 0.1) is 0 Å². The van der Waals surface area contributed by atoms with E-state index < -0.39 is 0 Å². The molecule has 1 N–H and O–H groups in total. The highest BCUT2D eigenvalue weighted by Gasteiger charge is 1.94. The lowest BCUT2D eigenvalue weighted by atomic mass is 10.1. The van der Waals surface area contributed by atoms with Gasteiger partial charge in [-0.25, -0.2) is 0 Å². The highest BCUT2D eigenvalue weighted by atomic mass is 79.9. The monoisotopic (exact) mass is 281 g/mol. The van der Waals surface area contributed by atoms with Crippen molar-refractivity contribution < 1.29 is 0 Å². The molecule has 0 aromatic heterocycles. The third-order valence-electron chi connectivity index (χ3n) is 2.24. The second kappa shape index (κ2) is 6.87. The molecule has 1 rings (SSSR count). The van der Waals surface area contributed by atoms with Gasteiger partial charge in [-0.2, -0.15) is 0 Å². The van der Waals surface area contributed by atoms with Crippen LogP contribution in [0.1, 0.15) is 26.3 Å². The molecule has 0 fully saturated rings. The SMILES string of the molecule is CC(=Cc1ccc(Br)cc1)CNCC(C)C. The Kier molecular flexibility index (Phi) is 5.78. The van der Waals surface area contributed by atoms with Crippen molar-refractivity contribution in [1.82, 2.24) is 5.32 Å². The lowest BCUT2D eigenvalue weighted by molar-refractivity contribution is 0.572. The molecule has 0 aliphatic heterocycles. The van der Waals surface area contributed by atoms with Crippen molar-refractivity contribution in [3.05, 3.63) is 39.9 Å². The van der Waals surface area contributed by atoms with Crippen molar-refractivity contribution in [3.8, 4) is 0 Å². The second-order valence-corrected chi connectivity index (χ2v) is 5.48. The van der Waals surface area contributed by atoms with Crippen molar-refractivity contribution in [2.24, 2.45) is 5.92 Å². The van der Waals surface area contributed by atoms with E-state index in [1.54, 1.807) is 0 Å². The molecule has 0 bridgehead atoms. The van der Waals surface area contributed by atoms with Crippen LogP contribution in [0.3, 0.4) is 0 Å². The van der Waals surface area contributed by atoms with Crippen molar-refractivity contribution in [3.63, 3.8) is 0 Å². The first-order chi connectivity index (χ1) is 7.58. The number of nitrogens with one attached hydrogen (secondary N) is 1. The van der Waals surface area contributed by atoms with Gasteiger partial charge in [0.25, 0.3) is 0 Å². The standard InChI is InChI=1S/C14H20BrN/c1-11(2)9-16-10-12(3)8-13-4-6-14(15)7-5-13/h4-8,11,16H,9-10H2,1-3H3. The van der Waals surface area contributed by atoms with E-state index in [1.807, 2.05) is 0 Å². The minimum absolute atomic E-state index is 0.709. The topological polar surface area (TPSA) is 12.0 Å². The summed E-state index contributed by atoms with van der Waals surface area (Å²) in [5.41, 5.74) is 2.62. The number of benzene rings is 1. The third-order valence-corrected chi connectivity index (χ3v) is 2.77. The molecule has 0 unspecified atom stereocenters. The lowest BCUT2D eigenvalue weighted by Gasteiger charge is -2.07. The summed E-state index contributed by atoms with van der Waals surface area (Å²) in [6.07, 6.45) is 2.22.